The van der Waals surface area contributed by atoms with Gasteiger partial charge in [-0.1, -0.05) is 0 Å². The molecule has 0 unspecified atom stereocenters. The number of methoxy groups -OCH3 is 1. The molecule has 0 spiro atoms. The Hall–Kier alpha value is -3.29. The van der Waals surface area contributed by atoms with E-state index in [0.717, 1.165) is 11.3 Å². The van der Waals surface area contributed by atoms with E-state index >= 15 is 0 Å². The molecule has 0 aliphatic rings. The summed E-state index contributed by atoms with van der Waals surface area (Å²) in [5.74, 6) is 1.38. The van der Waals surface area contributed by atoms with Gasteiger partial charge in [0.1, 0.15) is 17.3 Å². The molecule has 0 saturated heterocycles. The van der Waals surface area contributed by atoms with Gasteiger partial charge in [-0.3, -0.25) is 14.0 Å². The van der Waals surface area contributed by atoms with Crippen molar-refractivity contribution in [1.29, 1.82) is 0 Å². The monoisotopic (exact) mass is 355 g/mol. The fraction of sp³-hybridized carbons (Fsp3) is 0.278. The molecule has 2 heterocycles. The van der Waals surface area contributed by atoms with Gasteiger partial charge >= 0.3 is 0 Å². The second kappa shape index (κ2) is 7.73. The zero-order valence-corrected chi connectivity index (χ0v) is 14.7. The highest BCUT2D eigenvalue weighted by Crippen LogP contribution is 2.33. The molecule has 1 amide bonds. The summed E-state index contributed by atoms with van der Waals surface area (Å²) < 4.78 is 9.06. The Morgan fingerprint density at radius 2 is 2.23 bits per heavy atom. The van der Waals surface area contributed by atoms with Gasteiger partial charge in [-0.25, -0.2) is 4.98 Å². The standard InChI is InChI=1S/C18H21N5O3/c1-19-17(25)4-3-8-22-12-13(11-21-22)23-9-7-20-18(23)15-6-5-14(24)10-16(15)26-2/h5-7,9-12,24H,3-4,8H2,1-2H3,(H,19,25). The highest BCUT2D eigenvalue weighted by atomic mass is 16.5. The third kappa shape index (κ3) is 3.69. The van der Waals surface area contributed by atoms with E-state index in [1.54, 1.807) is 49.4 Å². The van der Waals surface area contributed by atoms with E-state index < -0.39 is 0 Å². The number of ether oxygens (including phenoxy) is 1. The number of carbonyl (C=O) groups excluding carboxylic acids is 1. The molecule has 0 bridgehead atoms. The summed E-state index contributed by atoms with van der Waals surface area (Å²) in [7, 11) is 3.18. The van der Waals surface area contributed by atoms with Gasteiger partial charge in [-0.2, -0.15) is 5.10 Å². The van der Waals surface area contributed by atoms with Crippen LogP contribution < -0.4 is 10.1 Å². The third-order valence-electron chi connectivity index (χ3n) is 4.03. The van der Waals surface area contributed by atoms with Crippen LogP contribution in [-0.2, 0) is 11.3 Å². The number of aryl methyl sites for hydroxylation is 1. The second-order valence-corrected chi connectivity index (χ2v) is 5.74. The summed E-state index contributed by atoms with van der Waals surface area (Å²) in [5.41, 5.74) is 1.62. The Morgan fingerprint density at radius 3 is 3.00 bits per heavy atom. The van der Waals surface area contributed by atoms with Gasteiger partial charge in [0.2, 0.25) is 5.91 Å². The number of hydrogen-bond donors (Lipinski definition) is 2. The van der Waals surface area contributed by atoms with Crippen LogP contribution in [0, 0.1) is 0 Å². The third-order valence-corrected chi connectivity index (χ3v) is 4.03. The number of nitrogens with one attached hydrogen (secondary N) is 1. The minimum atomic E-state index is 0.0219. The summed E-state index contributed by atoms with van der Waals surface area (Å²) in [4.78, 5) is 15.7. The minimum absolute atomic E-state index is 0.0219. The van der Waals surface area contributed by atoms with Crippen LogP contribution in [0.5, 0.6) is 11.5 Å². The first-order valence-electron chi connectivity index (χ1n) is 8.26. The van der Waals surface area contributed by atoms with Crippen molar-refractivity contribution < 1.29 is 14.6 Å². The first-order chi connectivity index (χ1) is 12.6. The largest absolute Gasteiger partial charge is 0.508 e. The van der Waals surface area contributed by atoms with Gasteiger partial charge in [0.05, 0.1) is 24.6 Å². The van der Waals surface area contributed by atoms with E-state index in [-0.39, 0.29) is 11.7 Å². The van der Waals surface area contributed by atoms with E-state index in [0.29, 0.717) is 31.0 Å². The molecular weight excluding hydrogens is 334 g/mol. The lowest BCUT2D eigenvalue weighted by atomic mass is 10.1. The first-order valence-corrected chi connectivity index (χ1v) is 8.26. The van der Waals surface area contributed by atoms with Crippen molar-refractivity contribution in [2.75, 3.05) is 14.2 Å². The maximum absolute atomic E-state index is 11.3. The highest BCUT2D eigenvalue weighted by Gasteiger charge is 2.14. The van der Waals surface area contributed by atoms with Crippen LogP contribution in [-0.4, -0.2) is 44.5 Å². The summed E-state index contributed by atoms with van der Waals surface area (Å²) in [6.45, 7) is 0.653. The average molecular weight is 355 g/mol. The zero-order valence-electron chi connectivity index (χ0n) is 14.7. The van der Waals surface area contributed by atoms with E-state index in [9.17, 15) is 9.90 Å². The fourth-order valence-corrected chi connectivity index (χ4v) is 2.70. The van der Waals surface area contributed by atoms with Gasteiger partial charge in [-0.05, 0) is 18.6 Å². The molecule has 2 aromatic heterocycles. The van der Waals surface area contributed by atoms with Crippen LogP contribution in [0.25, 0.3) is 17.1 Å². The summed E-state index contributed by atoms with van der Waals surface area (Å²) in [6, 6.07) is 4.91. The van der Waals surface area contributed by atoms with Gasteiger partial charge in [0, 0.05) is 44.7 Å². The van der Waals surface area contributed by atoms with Crippen LogP contribution in [0.4, 0.5) is 0 Å². The number of amides is 1. The second-order valence-electron chi connectivity index (χ2n) is 5.74. The lowest BCUT2D eigenvalue weighted by Crippen LogP contribution is -2.17. The summed E-state index contributed by atoms with van der Waals surface area (Å²) >= 11 is 0. The molecule has 2 N–H and O–H groups in total. The predicted molar refractivity (Wildman–Crippen MR) is 96.3 cm³/mol. The van der Waals surface area contributed by atoms with Crippen molar-refractivity contribution in [3.8, 4) is 28.6 Å². The number of hydrogen-bond acceptors (Lipinski definition) is 5. The van der Waals surface area contributed by atoms with Crippen molar-refractivity contribution in [3.63, 3.8) is 0 Å². The van der Waals surface area contributed by atoms with Crippen molar-refractivity contribution in [2.24, 2.45) is 0 Å². The Kier molecular flexibility index (Phi) is 5.21. The van der Waals surface area contributed by atoms with Crippen LogP contribution in [0.15, 0.2) is 43.0 Å². The molecule has 0 radical (unpaired) electrons. The Labute approximate surface area is 151 Å². The quantitative estimate of drug-likeness (QED) is 0.676. The topological polar surface area (TPSA) is 94.2 Å². The number of phenolic OH excluding ortho intramolecular Hbond substituents is 1. The number of benzene rings is 1. The van der Waals surface area contributed by atoms with E-state index in [4.69, 9.17) is 4.74 Å². The Balaban J connectivity index is 1.82. The number of aromatic nitrogens is 4. The lowest BCUT2D eigenvalue weighted by molar-refractivity contribution is -0.120. The Morgan fingerprint density at radius 1 is 1.38 bits per heavy atom. The van der Waals surface area contributed by atoms with Gasteiger partial charge in [0.25, 0.3) is 0 Å². The van der Waals surface area contributed by atoms with Gasteiger partial charge in [0.15, 0.2) is 0 Å². The van der Waals surface area contributed by atoms with Crippen LogP contribution >= 0.6 is 0 Å². The number of carbonyl (C=O) groups is 1. The Bertz CT molecular complexity index is 900. The van der Waals surface area contributed by atoms with Crippen molar-refractivity contribution in [1.82, 2.24) is 24.6 Å². The molecule has 8 heteroatoms. The molecule has 0 aliphatic carbocycles. The van der Waals surface area contributed by atoms with Crippen molar-refractivity contribution in [3.05, 3.63) is 43.0 Å². The smallest absolute Gasteiger partial charge is 0.219 e. The first kappa shape index (κ1) is 17.5. The molecule has 136 valence electrons. The van der Waals surface area contributed by atoms with Crippen LogP contribution in [0.2, 0.25) is 0 Å². The minimum Gasteiger partial charge on any atom is -0.508 e. The number of phenols is 1. The van der Waals surface area contributed by atoms with E-state index in [1.807, 2.05) is 17.0 Å². The lowest BCUT2D eigenvalue weighted by Gasteiger charge is -2.10. The number of rotatable bonds is 7. The molecule has 0 aliphatic heterocycles. The molecule has 0 fully saturated rings. The SMILES string of the molecule is CNC(=O)CCCn1cc(-n2ccnc2-c2ccc(O)cc2OC)cn1. The van der Waals surface area contributed by atoms with E-state index in [2.05, 4.69) is 15.4 Å². The predicted octanol–water partition coefficient (Wildman–Crippen LogP) is 1.98. The molecule has 26 heavy (non-hydrogen) atoms. The average Bonchev–Trinajstić information content (AvgIpc) is 3.30. The molecule has 3 aromatic rings. The van der Waals surface area contributed by atoms with Crippen molar-refractivity contribution in [2.45, 2.75) is 19.4 Å². The molecule has 1 aromatic carbocycles. The molecule has 8 nitrogen and oxygen atoms in total. The molecule has 3 rings (SSSR count). The maximum Gasteiger partial charge on any atom is 0.219 e. The maximum atomic E-state index is 11.3. The summed E-state index contributed by atoms with van der Waals surface area (Å²) in [6.07, 6.45) is 8.37. The zero-order chi connectivity index (χ0) is 18.5. The van der Waals surface area contributed by atoms with Crippen LogP contribution in [0.1, 0.15) is 12.8 Å². The number of nitrogens with zero attached hydrogens (tertiary/aromatic N) is 4. The summed E-state index contributed by atoms with van der Waals surface area (Å²) in [5, 5.41) is 16.6. The van der Waals surface area contributed by atoms with Gasteiger partial charge < -0.3 is 15.2 Å². The fourth-order valence-electron chi connectivity index (χ4n) is 2.70. The molecule has 0 atom stereocenters. The van der Waals surface area contributed by atoms with Crippen molar-refractivity contribution >= 4 is 5.91 Å². The number of imidazole rings is 1. The van der Waals surface area contributed by atoms with Crippen LogP contribution in [0.3, 0.4) is 0 Å². The molecule has 0 saturated carbocycles. The normalized spacial score (nSPS) is 10.7. The van der Waals surface area contributed by atoms with Gasteiger partial charge in [-0.15, -0.1) is 0 Å². The molecular formula is C18H21N5O3. The van der Waals surface area contributed by atoms with E-state index in [1.165, 1.54) is 0 Å². The number of aromatic hydroxyl groups is 1. The highest BCUT2D eigenvalue weighted by molar-refractivity contribution is 5.75.